The summed E-state index contributed by atoms with van der Waals surface area (Å²) in [5, 5.41) is 10.1. The summed E-state index contributed by atoms with van der Waals surface area (Å²) in [6, 6.07) is 0.939. The highest BCUT2D eigenvalue weighted by Crippen LogP contribution is 2.13. The summed E-state index contributed by atoms with van der Waals surface area (Å²) in [5.41, 5.74) is 0. The van der Waals surface area contributed by atoms with Gasteiger partial charge in [-0.2, -0.15) is 0 Å². The van der Waals surface area contributed by atoms with Crippen molar-refractivity contribution < 1.29 is 19.4 Å². The lowest BCUT2D eigenvalue weighted by Gasteiger charge is -2.15. The predicted octanol–water partition coefficient (Wildman–Crippen LogP) is 5.19. The molecule has 0 aliphatic heterocycles. The number of carbonyl (C=O) groups excluding carboxylic acids is 2. The topological polar surface area (TPSA) is 63.6 Å². The highest BCUT2D eigenvalue weighted by Gasteiger charge is 2.15. The zero-order valence-corrected chi connectivity index (χ0v) is 18.9. The molecule has 0 heterocycles. The van der Waals surface area contributed by atoms with Crippen LogP contribution in [0.4, 0.5) is 0 Å². The number of ether oxygens (including phenoxy) is 1. The number of unbranched alkanes of at least 4 members (excludes halogenated alkanes) is 4. The molecule has 6 heteroatoms. The number of allylic oxidation sites excluding steroid dienone is 1. The first kappa shape index (κ1) is 25.4. The van der Waals surface area contributed by atoms with Crippen LogP contribution in [0.5, 0.6) is 0 Å². The summed E-state index contributed by atoms with van der Waals surface area (Å²) in [6.45, 7) is 9.32. The van der Waals surface area contributed by atoms with Crippen molar-refractivity contribution in [3.05, 3.63) is 12.2 Å². The van der Waals surface area contributed by atoms with E-state index in [1.807, 2.05) is 6.08 Å². The number of hydrogen-bond acceptors (Lipinski definition) is 5. The van der Waals surface area contributed by atoms with E-state index in [-0.39, 0.29) is 17.5 Å². The Bertz CT molecular complexity index is 419. The Morgan fingerprint density at radius 2 is 1.85 bits per heavy atom. The molecule has 0 fully saturated rings. The first-order valence-electron chi connectivity index (χ1n) is 9.90. The van der Waals surface area contributed by atoms with Crippen molar-refractivity contribution in [1.82, 2.24) is 0 Å². The van der Waals surface area contributed by atoms with E-state index < -0.39 is 14.2 Å². The van der Waals surface area contributed by atoms with Crippen LogP contribution in [0.3, 0.4) is 0 Å². The average molecular weight is 403 g/mol. The Balaban J connectivity index is 3.68. The van der Waals surface area contributed by atoms with Crippen LogP contribution in [0.25, 0.3) is 0 Å². The average Bonchev–Trinajstić information content (AvgIpc) is 2.53. The van der Waals surface area contributed by atoms with Gasteiger partial charge >= 0.3 is 5.97 Å². The third-order valence-corrected chi connectivity index (χ3v) is 6.55. The molecule has 0 amide bonds. The molecule has 1 N–H and O–H groups in total. The Morgan fingerprint density at radius 1 is 1.15 bits per heavy atom. The molecule has 0 aliphatic rings. The number of carbonyl (C=O) groups is 2. The normalized spacial score (nSPS) is 13.1. The van der Waals surface area contributed by atoms with Gasteiger partial charge in [0.2, 0.25) is 0 Å². The summed E-state index contributed by atoms with van der Waals surface area (Å²) in [4.78, 5) is 23.4. The third kappa shape index (κ3) is 18.2. The molecular formula is C20H38O4SSi. The second-order valence-electron chi connectivity index (χ2n) is 7.90. The molecule has 152 valence electrons. The van der Waals surface area contributed by atoms with E-state index in [0.717, 1.165) is 24.6 Å². The summed E-state index contributed by atoms with van der Waals surface area (Å²) in [6.07, 6.45) is 9.82. The van der Waals surface area contributed by atoms with E-state index in [0.29, 0.717) is 19.4 Å². The van der Waals surface area contributed by atoms with Crippen molar-refractivity contribution in [2.75, 3.05) is 12.4 Å². The Kier molecular flexibility index (Phi) is 15.1. The van der Waals surface area contributed by atoms with Crippen LogP contribution in [-0.4, -0.2) is 42.7 Å². The van der Waals surface area contributed by atoms with Crippen LogP contribution in [-0.2, 0) is 14.3 Å². The fourth-order valence-corrected chi connectivity index (χ4v) is 3.69. The molecule has 0 radical (unpaired) electrons. The van der Waals surface area contributed by atoms with Crippen molar-refractivity contribution in [3.8, 4) is 0 Å². The first-order chi connectivity index (χ1) is 12.2. The van der Waals surface area contributed by atoms with Crippen molar-refractivity contribution in [2.45, 2.75) is 90.1 Å². The first-order valence-corrected chi connectivity index (χ1v) is 14.6. The fraction of sp³-hybridized carbons (Fsp3) is 0.800. The van der Waals surface area contributed by atoms with Crippen molar-refractivity contribution in [3.63, 3.8) is 0 Å². The molecule has 0 aliphatic carbocycles. The van der Waals surface area contributed by atoms with Gasteiger partial charge in [-0.25, -0.2) is 0 Å². The minimum absolute atomic E-state index is 0.00790. The maximum absolute atomic E-state index is 11.7. The van der Waals surface area contributed by atoms with E-state index >= 15 is 0 Å². The largest absolute Gasteiger partial charge is 0.466 e. The van der Waals surface area contributed by atoms with Gasteiger partial charge in [-0.15, -0.1) is 0 Å². The fourth-order valence-electron chi connectivity index (χ4n) is 2.21. The summed E-state index contributed by atoms with van der Waals surface area (Å²) < 4.78 is 5.16. The third-order valence-electron chi connectivity index (χ3n) is 3.88. The number of aliphatic hydroxyl groups excluding tert-OH is 1. The highest BCUT2D eigenvalue weighted by molar-refractivity contribution is 8.13. The zero-order chi connectivity index (χ0) is 19.8. The molecule has 0 unspecified atom stereocenters. The Labute approximate surface area is 165 Å². The SMILES string of the molecule is CCCCCCCC(=O)SCC/C=C/[C@@H](O)CC(=O)OCC[Si](C)(C)C. The molecule has 0 saturated heterocycles. The van der Waals surface area contributed by atoms with Crippen molar-refractivity contribution >= 4 is 30.9 Å². The van der Waals surface area contributed by atoms with Gasteiger partial charge in [-0.05, 0) is 18.9 Å². The summed E-state index contributed by atoms with van der Waals surface area (Å²) in [7, 11) is -1.20. The molecule has 0 rings (SSSR count). The van der Waals surface area contributed by atoms with Crippen LogP contribution < -0.4 is 0 Å². The van der Waals surface area contributed by atoms with E-state index in [1.54, 1.807) is 6.08 Å². The Morgan fingerprint density at radius 3 is 2.50 bits per heavy atom. The smallest absolute Gasteiger partial charge is 0.308 e. The monoisotopic (exact) mass is 402 g/mol. The van der Waals surface area contributed by atoms with Gasteiger partial charge in [0.05, 0.1) is 19.1 Å². The van der Waals surface area contributed by atoms with Gasteiger partial charge in [0.15, 0.2) is 5.12 Å². The second-order valence-corrected chi connectivity index (χ2v) is 14.7. The van der Waals surface area contributed by atoms with Gasteiger partial charge < -0.3 is 9.84 Å². The van der Waals surface area contributed by atoms with Gasteiger partial charge in [-0.1, -0.05) is 76.2 Å². The van der Waals surface area contributed by atoms with E-state index in [9.17, 15) is 14.7 Å². The van der Waals surface area contributed by atoms with Crippen molar-refractivity contribution in [1.29, 1.82) is 0 Å². The van der Waals surface area contributed by atoms with Crippen LogP contribution in [0.15, 0.2) is 12.2 Å². The molecule has 26 heavy (non-hydrogen) atoms. The van der Waals surface area contributed by atoms with Gasteiger partial charge in [0.25, 0.3) is 0 Å². The molecule has 0 bridgehead atoms. The Hall–Kier alpha value is -0.593. The van der Waals surface area contributed by atoms with E-state index in [4.69, 9.17) is 4.74 Å². The van der Waals surface area contributed by atoms with Crippen LogP contribution in [0.2, 0.25) is 25.7 Å². The van der Waals surface area contributed by atoms with Gasteiger partial charge in [0.1, 0.15) is 0 Å². The lowest BCUT2D eigenvalue weighted by molar-refractivity contribution is -0.144. The molecular weight excluding hydrogens is 364 g/mol. The van der Waals surface area contributed by atoms with Gasteiger partial charge in [0, 0.05) is 20.2 Å². The molecule has 4 nitrogen and oxygen atoms in total. The van der Waals surface area contributed by atoms with Crippen LogP contribution in [0, 0.1) is 0 Å². The number of hydrogen-bond donors (Lipinski definition) is 1. The molecule has 0 aromatic heterocycles. The zero-order valence-electron chi connectivity index (χ0n) is 17.1. The van der Waals surface area contributed by atoms with E-state index in [2.05, 4.69) is 26.6 Å². The molecule has 0 aromatic rings. The van der Waals surface area contributed by atoms with E-state index in [1.165, 1.54) is 31.0 Å². The highest BCUT2D eigenvalue weighted by atomic mass is 32.2. The maximum atomic E-state index is 11.7. The second kappa shape index (κ2) is 15.5. The molecule has 0 spiro atoms. The van der Waals surface area contributed by atoms with Gasteiger partial charge in [-0.3, -0.25) is 9.59 Å². The lowest BCUT2D eigenvalue weighted by atomic mass is 10.1. The molecule has 0 saturated carbocycles. The quantitative estimate of drug-likeness (QED) is 0.177. The number of esters is 1. The van der Waals surface area contributed by atoms with Crippen LogP contribution in [0.1, 0.15) is 58.3 Å². The minimum atomic E-state index is -1.20. The lowest BCUT2D eigenvalue weighted by Crippen LogP contribution is -2.23. The standard InChI is InChI=1S/C20H38O4SSi/c1-5-6-7-8-9-13-20(23)25-15-11-10-12-18(21)17-19(22)24-14-16-26(2,3)4/h10,12,18,21H,5-9,11,13-17H2,1-4H3/b12-10+/t18-/m1/s1. The molecule has 1 atom stereocenters. The summed E-state index contributed by atoms with van der Waals surface area (Å²) >= 11 is 1.36. The summed E-state index contributed by atoms with van der Waals surface area (Å²) in [5.74, 6) is 0.366. The number of thioether (sulfide) groups is 1. The predicted molar refractivity (Wildman–Crippen MR) is 114 cm³/mol. The number of rotatable bonds is 15. The minimum Gasteiger partial charge on any atom is -0.466 e. The van der Waals surface area contributed by atoms with Crippen LogP contribution >= 0.6 is 11.8 Å². The molecule has 0 aromatic carbocycles. The van der Waals surface area contributed by atoms with Crippen molar-refractivity contribution in [2.24, 2.45) is 0 Å². The maximum Gasteiger partial charge on any atom is 0.308 e. The number of aliphatic hydroxyl groups is 1.